The fraction of sp³-hybridized carbons (Fsp3) is 0. The van der Waals surface area contributed by atoms with Crippen molar-refractivity contribution in [2.45, 2.75) is 0 Å². The highest BCUT2D eigenvalue weighted by Gasteiger charge is 2.27. The van der Waals surface area contributed by atoms with Crippen molar-refractivity contribution >= 4 is 75.0 Å². The summed E-state index contributed by atoms with van der Waals surface area (Å²) < 4.78 is 9.28. The molecule has 12 rings (SSSR count). The lowest BCUT2D eigenvalue weighted by atomic mass is 9.99. The smallest absolute Gasteiger partial charge is 0.164 e. The zero-order valence-corrected chi connectivity index (χ0v) is 28.4. The fourth-order valence-corrected chi connectivity index (χ4v) is 9.51. The first-order valence-electron chi connectivity index (χ1n) is 17.4. The molecule has 4 nitrogen and oxygen atoms in total. The van der Waals surface area contributed by atoms with Gasteiger partial charge < -0.3 is 4.42 Å². The normalized spacial score (nSPS) is 12.2. The molecule has 0 amide bonds. The van der Waals surface area contributed by atoms with E-state index in [2.05, 4.69) is 146 Å². The SMILES string of the molecule is c1ccc2cc(-c3nc(-c4cccc5oc6c7c(ccc6c45)-c4cccc5cccc-7c45)nc(-c4cccc5sc6ccccc6c45)n3)ccc2c1. The Balaban J connectivity index is 1.14. The van der Waals surface area contributed by atoms with E-state index in [0.717, 1.165) is 49.6 Å². The van der Waals surface area contributed by atoms with E-state index in [4.69, 9.17) is 19.4 Å². The second kappa shape index (κ2) is 10.4. The summed E-state index contributed by atoms with van der Waals surface area (Å²) in [7, 11) is 0. The Morgan fingerprint density at radius 2 is 1.08 bits per heavy atom. The highest BCUT2D eigenvalue weighted by atomic mass is 32.1. The summed E-state index contributed by atoms with van der Waals surface area (Å²) in [5.74, 6) is 1.90. The van der Waals surface area contributed by atoms with Gasteiger partial charge in [-0.15, -0.1) is 11.3 Å². The van der Waals surface area contributed by atoms with Crippen molar-refractivity contribution in [3.05, 3.63) is 152 Å². The molecular formula is C47H25N3OS. The predicted molar refractivity (Wildman–Crippen MR) is 216 cm³/mol. The number of thiophene rings is 1. The third-order valence-electron chi connectivity index (χ3n) is 10.7. The number of aromatic nitrogens is 3. The molecule has 3 aromatic heterocycles. The summed E-state index contributed by atoms with van der Waals surface area (Å²) in [4.78, 5) is 15.8. The molecule has 11 aromatic rings. The zero-order chi connectivity index (χ0) is 33.9. The van der Waals surface area contributed by atoms with Crippen molar-refractivity contribution in [1.82, 2.24) is 15.0 Å². The van der Waals surface area contributed by atoms with Crippen molar-refractivity contribution in [3.63, 3.8) is 0 Å². The van der Waals surface area contributed by atoms with Gasteiger partial charge in [0.1, 0.15) is 11.2 Å². The lowest BCUT2D eigenvalue weighted by Gasteiger charge is -2.11. The van der Waals surface area contributed by atoms with E-state index in [1.165, 1.54) is 53.0 Å². The average molecular weight is 680 g/mol. The molecule has 0 saturated heterocycles. The molecule has 5 heteroatoms. The maximum Gasteiger partial charge on any atom is 0.164 e. The Bertz CT molecular complexity index is 3310. The minimum atomic E-state index is 0.615. The molecule has 52 heavy (non-hydrogen) atoms. The van der Waals surface area contributed by atoms with Gasteiger partial charge in [-0.25, -0.2) is 15.0 Å². The molecule has 0 aliphatic heterocycles. The molecular weight excluding hydrogens is 655 g/mol. The summed E-state index contributed by atoms with van der Waals surface area (Å²) in [6.45, 7) is 0. The van der Waals surface area contributed by atoms with E-state index in [9.17, 15) is 0 Å². The summed E-state index contributed by atoms with van der Waals surface area (Å²) in [5, 5.41) is 9.27. The maximum absolute atomic E-state index is 6.82. The number of benzene rings is 8. The molecule has 0 N–H and O–H groups in total. The van der Waals surface area contributed by atoms with E-state index in [-0.39, 0.29) is 0 Å². The van der Waals surface area contributed by atoms with Crippen LogP contribution < -0.4 is 0 Å². The van der Waals surface area contributed by atoms with Gasteiger partial charge in [0.25, 0.3) is 0 Å². The molecule has 3 heterocycles. The second-order valence-electron chi connectivity index (χ2n) is 13.5. The monoisotopic (exact) mass is 679 g/mol. The van der Waals surface area contributed by atoms with Crippen molar-refractivity contribution < 1.29 is 4.42 Å². The summed E-state index contributed by atoms with van der Waals surface area (Å²) in [6.07, 6.45) is 0. The first-order chi connectivity index (χ1) is 25.8. The Kier molecular flexibility index (Phi) is 5.62. The minimum Gasteiger partial charge on any atom is -0.455 e. The van der Waals surface area contributed by atoms with Crippen molar-refractivity contribution in [2.75, 3.05) is 0 Å². The van der Waals surface area contributed by atoms with Crippen LogP contribution in [0.25, 0.3) is 120 Å². The summed E-state index contributed by atoms with van der Waals surface area (Å²) in [5.41, 5.74) is 9.37. The number of rotatable bonds is 3. The van der Waals surface area contributed by atoms with Crippen LogP contribution in [0.3, 0.4) is 0 Å². The van der Waals surface area contributed by atoms with Crippen LogP contribution in [0.1, 0.15) is 0 Å². The topological polar surface area (TPSA) is 51.8 Å². The molecule has 1 aliphatic carbocycles. The molecule has 0 saturated carbocycles. The van der Waals surface area contributed by atoms with Crippen LogP contribution in [0.15, 0.2) is 156 Å². The number of nitrogens with zero attached hydrogens (tertiary/aromatic N) is 3. The lowest BCUT2D eigenvalue weighted by molar-refractivity contribution is 0.670. The highest BCUT2D eigenvalue weighted by molar-refractivity contribution is 7.25. The molecule has 0 radical (unpaired) electrons. The van der Waals surface area contributed by atoms with E-state index in [0.29, 0.717) is 17.5 Å². The average Bonchev–Trinajstić information content (AvgIpc) is 3.88. The second-order valence-corrected chi connectivity index (χ2v) is 14.6. The lowest BCUT2D eigenvalue weighted by Crippen LogP contribution is -2.00. The largest absolute Gasteiger partial charge is 0.455 e. The quantitative estimate of drug-likeness (QED) is 0.186. The Morgan fingerprint density at radius 3 is 1.96 bits per heavy atom. The molecule has 0 atom stereocenters. The maximum atomic E-state index is 6.82. The Labute approximate surface area is 301 Å². The van der Waals surface area contributed by atoms with Crippen molar-refractivity contribution in [3.8, 4) is 56.4 Å². The van der Waals surface area contributed by atoms with Crippen LogP contribution in [0.4, 0.5) is 0 Å². The summed E-state index contributed by atoms with van der Waals surface area (Å²) in [6, 6.07) is 53.6. The molecule has 8 aromatic carbocycles. The van der Waals surface area contributed by atoms with Gasteiger partial charge in [0.2, 0.25) is 0 Å². The van der Waals surface area contributed by atoms with Gasteiger partial charge in [0.15, 0.2) is 17.5 Å². The van der Waals surface area contributed by atoms with Crippen LogP contribution in [0.2, 0.25) is 0 Å². The molecule has 0 spiro atoms. The zero-order valence-electron chi connectivity index (χ0n) is 27.6. The van der Waals surface area contributed by atoms with Crippen molar-refractivity contribution in [1.29, 1.82) is 0 Å². The van der Waals surface area contributed by atoms with Gasteiger partial charge in [-0.1, -0.05) is 121 Å². The Hall–Kier alpha value is -6.69. The predicted octanol–water partition coefficient (Wildman–Crippen LogP) is 13.1. The van der Waals surface area contributed by atoms with Crippen LogP contribution in [0.5, 0.6) is 0 Å². The third kappa shape index (κ3) is 3.88. The van der Waals surface area contributed by atoms with Crippen LogP contribution in [0, 0.1) is 0 Å². The molecule has 1 aliphatic rings. The van der Waals surface area contributed by atoms with Gasteiger partial charge in [0, 0.05) is 53.2 Å². The van der Waals surface area contributed by atoms with Crippen LogP contribution >= 0.6 is 11.3 Å². The number of fused-ring (bicyclic) bond motifs is 11. The Morgan fingerprint density at radius 1 is 0.404 bits per heavy atom. The highest BCUT2D eigenvalue weighted by Crippen LogP contribution is 2.52. The summed E-state index contributed by atoms with van der Waals surface area (Å²) >= 11 is 1.80. The van der Waals surface area contributed by atoms with E-state index < -0.39 is 0 Å². The van der Waals surface area contributed by atoms with Crippen LogP contribution in [-0.2, 0) is 0 Å². The molecule has 0 bridgehead atoms. The van der Waals surface area contributed by atoms with Crippen LogP contribution in [-0.4, -0.2) is 15.0 Å². The first kappa shape index (κ1) is 28.1. The minimum absolute atomic E-state index is 0.615. The van der Waals surface area contributed by atoms with Gasteiger partial charge in [-0.2, -0.15) is 0 Å². The first-order valence-corrected chi connectivity index (χ1v) is 18.3. The van der Waals surface area contributed by atoms with Gasteiger partial charge in [-0.05, 0) is 68.6 Å². The molecule has 240 valence electrons. The van der Waals surface area contributed by atoms with Crippen molar-refractivity contribution in [2.24, 2.45) is 0 Å². The molecule has 0 fully saturated rings. The molecule has 0 unspecified atom stereocenters. The fourth-order valence-electron chi connectivity index (χ4n) is 8.38. The number of hydrogen-bond donors (Lipinski definition) is 0. The van der Waals surface area contributed by atoms with E-state index in [1.54, 1.807) is 11.3 Å². The van der Waals surface area contributed by atoms with Gasteiger partial charge in [-0.3, -0.25) is 0 Å². The van der Waals surface area contributed by atoms with E-state index in [1.807, 2.05) is 6.07 Å². The van der Waals surface area contributed by atoms with Gasteiger partial charge >= 0.3 is 0 Å². The number of furan rings is 1. The number of hydrogen-bond acceptors (Lipinski definition) is 5. The van der Waals surface area contributed by atoms with Gasteiger partial charge in [0.05, 0.1) is 0 Å². The standard InChI is InChI=1S/C47H25N3OS/c1-2-10-28-25-29(22-21-26(28)9-1)45-48-46(50-47(49-45)36-17-8-20-39-42(36)32-13-3-4-19-38(32)52-39)35-16-7-18-37-41(35)34-24-23-31-30-14-5-11-27-12-6-15-33(40(27)30)43(31)44(34)51-37/h1-25H. The van der Waals surface area contributed by atoms with E-state index >= 15 is 0 Å². The third-order valence-corrected chi connectivity index (χ3v) is 11.8.